The highest BCUT2D eigenvalue weighted by Gasteiger charge is 2.15. The van der Waals surface area contributed by atoms with Crippen LogP contribution >= 0.6 is 0 Å². The van der Waals surface area contributed by atoms with Gasteiger partial charge < -0.3 is 15.2 Å². The van der Waals surface area contributed by atoms with Crippen molar-refractivity contribution in [2.24, 2.45) is 5.73 Å². The summed E-state index contributed by atoms with van der Waals surface area (Å²) in [6, 6.07) is 4.66. The number of nitrogens with two attached hydrogens (primary N) is 1. The molecule has 3 rings (SSSR count). The lowest BCUT2D eigenvalue weighted by atomic mass is 10.0. The number of fused-ring (bicyclic) bond motifs is 1. The molecule has 3 nitrogen and oxygen atoms in total. The van der Waals surface area contributed by atoms with E-state index in [0.717, 1.165) is 25.9 Å². The van der Waals surface area contributed by atoms with Gasteiger partial charge in [0.05, 0.1) is 5.52 Å². The van der Waals surface area contributed by atoms with Crippen LogP contribution in [0.1, 0.15) is 36.0 Å². The molecule has 1 aliphatic rings. The Morgan fingerprint density at radius 2 is 1.86 bits per heavy atom. The Morgan fingerprint density at radius 3 is 2.59 bits per heavy atom. The zero-order chi connectivity index (χ0) is 15.5. The Balaban J connectivity index is 1.90. The van der Waals surface area contributed by atoms with Gasteiger partial charge in [0.25, 0.3) is 0 Å². The molecular weight excluding hydrogens is 270 g/mol. The van der Waals surface area contributed by atoms with Gasteiger partial charge in [-0.15, -0.1) is 0 Å². The molecule has 0 radical (unpaired) electrons. The minimum Gasteiger partial charge on any atom is -0.347 e. The summed E-state index contributed by atoms with van der Waals surface area (Å²) < 4.78 is 2.43. The Morgan fingerprint density at radius 1 is 1.09 bits per heavy atom. The maximum absolute atomic E-state index is 5.71. The summed E-state index contributed by atoms with van der Waals surface area (Å²) in [7, 11) is 0. The van der Waals surface area contributed by atoms with Gasteiger partial charge in [0, 0.05) is 24.7 Å². The molecule has 22 heavy (non-hydrogen) atoms. The van der Waals surface area contributed by atoms with Crippen LogP contribution in [0.3, 0.4) is 0 Å². The van der Waals surface area contributed by atoms with Gasteiger partial charge in [0.15, 0.2) is 0 Å². The lowest BCUT2D eigenvalue weighted by Gasteiger charge is -2.13. The van der Waals surface area contributed by atoms with Gasteiger partial charge in [-0.25, -0.2) is 0 Å². The summed E-state index contributed by atoms with van der Waals surface area (Å²) in [5, 5.41) is 1.45. The van der Waals surface area contributed by atoms with Gasteiger partial charge in [-0.3, -0.25) is 0 Å². The van der Waals surface area contributed by atoms with E-state index < -0.39 is 0 Å². The summed E-state index contributed by atoms with van der Waals surface area (Å²) in [4.78, 5) is 2.60. The topological polar surface area (TPSA) is 34.2 Å². The summed E-state index contributed by atoms with van der Waals surface area (Å²) in [5.41, 5.74) is 11.4. The fourth-order valence-electron chi connectivity index (χ4n) is 3.83. The first-order valence-corrected chi connectivity index (χ1v) is 8.70. The molecule has 2 N–H and O–H groups in total. The summed E-state index contributed by atoms with van der Waals surface area (Å²) >= 11 is 0. The van der Waals surface area contributed by atoms with Crippen LogP contribution < -0.4 is 5.73 Å². The van der Waals surface area contributed by atoms with Gasteiger partial charge in [-0.1, -0.05) is 11.6 Å². The zero-order valence-electron chi connectivity index (χ0n) is 14.1. The van der Waals surface area contributed by atoms with Crippen LogP contribution in [0.4, 0.5) is 0 Å². The maximum Gasteiger partial charge on any atom is 0.0513 e. The van der Waals surface area contributed by atoms with Crippen molar-refractivity contribution in [2.75, 3.05) is 26.2 Å². The molecule has 1 fully saturated rings. The fraction of sp³-hybridized carbons (Fsp3) is 0.579. The molecule has 120 valence electrons. The van der Waals surface area contributed by atoms with Crippen molar-refractivity contribution in [3.63, 3.8) is 0 Å². The number of likely N-dealkylation sites (tertiary alicyclic amines) is 1. The monoisotopic (exact) mass is 299 g/mol. The minimum atomic E-state index is 0.758. The smallest absolute Gasteiger partial charge is 0.0513 e. The van der Waals surface area contributed by atoms with Crippen LogP contribution in [0, 0.1) is 13.8 Å². The molecule has 0 unspecified atom stereocenters. The summed E-state index contributed by atoms with van der Waals surface area (Å²) in [5.74, 6) is 0. The SMILES string of the molecule is Cc1cc(C)c2c(c1)c(CCN1CCCC1)cn2CCCN. The third-order valence-corrected chi connectivity index (χ3v) is 4.89. The summed E-state index contributed by atoms with van der Waals surface area (Å²) in [6.07, 6.45) is 7.33. The number of hydrogen-bond acceptors (Lipinski definition) is 2. The Kier molecular flexibility index (Phi) is 4.84. The molecular formula is C19H29N3. The van der Waals surface area contributed by atoms with Gasteiger partial charge in [-0.2, -0.15) is 0 Å². The van der Waals surface area contributed by atoms with Crippen LogP contribution in [-0.2, 0) is 13.0 Å². The van der Waals surface area contributed by atoms with Gasteiger partial charge in [-0.05, 0) is 76.4 Å². The number of benzene rings is 1. The predicted octanol–water partition coefficient (Wildman–Crippen LogP) is 3.25. The normalized spacial score (nSPS) is 16.0. The molecule has 1 aromatic carbocycles. The molecule has 2 aromatic rings. The van der Waals surface area contributed by atoms with Crippen molar-refractivity contribution in [3.05, 3.63) is 35.0 Å². The van der Waals surface area contributed by atoms with E-state index in [1.54, 1.807) is 0 Å². The van der Waals surface area contributed by atoms with Crippen molar-refractivity contribution < 1.29 is 0 Å². The first-order valence-electron chi connectivity index (χ1n) is 8.70. The molecule has 1 aromatic heterocycles. The Hall–Kier alpha value is -1.32. The molecule has 1 saturated heterocycles. The molecule has 2 heterocycles. The lowest BCUT2D eigenvalue weighted by Crippen LogP contribution is -2.21. The molecule has 0 aliphatic carbocycles. The quantitative estimate of drug-likeness (QED) is 0.888. The zero-order valence-corrected chi connectivity index (χ0v) is 14.1. The number of rotatable bonds is 6. The second-order valence-corrected chi connectivity index (χ2v) is 6.77. The van der Waals surface area contributed by atoms with Crippen molar-refractivity contribution >= 4 is 10.9 Å². The highest BCUT2D eigenvalue weighted by atomic mass is 15.1. The first-order chi connectivity index (χ1) is 10.7. The maximum atomic E-state index is 5.71. The fourth-order valence-corrected chi connectivity index (χ4v) is 3.83. The highest BCUT2D eigenvalue weighted by molar-refractivity contribution is 5.87. The van der Waals surface area contributed by atoms with Crippen LogP contribution in [0.5, 0.6) is 0 Å². The lowest BCUT2D eigenvalue weighted by molar-refractivity contribution is 0.344. The van der Waals surface area contributed by atoms with Crippen molar-refractivity contribution in [1.29, 1.82) is 0 Å². The average Bonchev–Trinajstić information content (AvgIpc) is 3.10. The Bertz CT molecular complexity index is 636. The number of aryl methyl sites for hydroxylation is 3. The van der Waals surface area contributed by atoms with E-state index in [1.165, 1.54) is 60.1 Å². The summed E-state index contributed by atoms with van der Waals surface area (Å²) in [6.45, 7) is 9.98. The number of hydrogen-bond donors (Lipinski definition) is 1. The van der Waals surface area contributed by atoms with Gasteiger partial charge in [0.2, 0.25) is 0 Å². The standard InChI is InChI=1S/C19H29N3/c1-15-12-16(2)19-18(13-15)17(14-22(19)10-5-7-20)6-11-21-8-3-4-9-21/h12-14H,3-11,20H2,1-2H3. The molecule has 0 saturated carbocycles. The van der Waals surface area contributed by atoms with E-state index in [9.17, 15) is 0 Å². The third kappa shape index (κ3) is 3.21. The van der Waals surface area contributed by atoms with Crippen LogP contribution in [0.15, 0.2) is 18.3 Å². The van der Waals surface area contributed by atoms with E-state index in [-0.39, 0.29) is 0 Å². The van der Waals surface area contributed by atoms with Crippen LogP contribution in [0.2, 0.25) is 0 Å². The number of aromatic nitrogens is 1. The van der Waals surface area contributed by atoms with Crippen molar-refractivity contribution in [2.45, 2.75) is 46.1 Å². The first kappa shape index (κ1) is 15.6. The Labute approximate surface area is 134 Å². The van der Waals surface area contributed by atoms with Crippen molar-refractivity contribution in [3.8, 4) is 0 Å². The molecule has 1 aliphatic heterocycles. The molecule has 0 atom stereocenters. The van der Waals surface area contributed by atoms with Crippen molar-refractivity contribution in [1.82, 2.24) is 9.47 Å². The second-order valence-electron chi connectivity index (χ2n) is 6.77. The van der Waals surface area contributed by atoms with E-state index in [1.807, 2.05) is 0 Å². The van der Waals surface area contributed by atoms with E-state index in [2.05, 4.69) is 41.6 Å². The van der Waals surface area contributed by atoms with Gasteiger partial charge in [0.1, 0.15) is 0 Å². The van der Waals surface area contributed by atoms with E-state index in [0.29, 0.717) is 0 Å². The minimum absolute atomic E-state index is 0.758. The number of nitrogens with zero attached hydrogens (tertiary/aromatic N) is 2. The van der Waals surface area contributed by atoms with E-state index >= 15 is 0 Å². The molecule has 0 spiro atoms. The largest absolute Gasteiger partial charge is 0.347 e. The van der Waals surface area contributed by atoms with E-state index in [4.69, 9.17) is 5.73 Å². The van der Waals surface area contributed by atoms with Crippen LogP contribution in [0.25, 0.3) is 10.9 Å². The molecule has 0 bridgehead atoms. The van der Waals surface area contributed by atoms with Crippen LogP contribution in [-0.4, -0.2) is 35.6 Å². The average molecular weight is 299 g/mol. The molecule has 0 amide bonds. The third-order valence-electron chi connectivity index (χ3n) is 4.89. The predicted molar refractivity (Wildman–Crippen MR) is 94.5 cm³/mol. The highest BCUT2D eigenvalue weighted by Crippen LogP contribution is 2.27. The second kappa shape index (κ2) is 6.84. The van der Waals surface area contributed by atoms with Gasteiger partial charge >= 0.3 is 0 Å². The molecule has 3 heteroatoms.